The Hall–Kier alpha value is -7.05. The van der Waals surface area contributed by atoms with Gasteiger partial charge < -0.3 is 9.13 Å². The molecule has 238 valence electrons. The van der Waals surface area contributed by atoms with E-state index in [1.165, 1.54) is 32.6 Å². The number of rotatable bonds is 4. The summed E-state index contributed by atoms with van der Waals surface area (Å²) in [4.78, 5) is 17.6. The van der Waals surface area contributed by atoms with Gasteiger partial charge in [-0.05, 0) is 42.5 Å². The second-order valence-electron chi connectivity index (χ2n) is 12.9. The lowest BCUT2D eigenvalue weighted by atomic mass is 10.1. The average molecular weight is 653 g/mol. The molecule has 0 aliphatic carbocycles. The zero-order valence-corrected chi connectivity index (χ0v) is 27.3. The van der Waals surface area contributed by atoms with Crippen LogP contribution in [0.2, 0.25) is 0 Å². The third-order valence-corrected chi connectivity index (χ3v) is 10.1. The first-order valence-electron chi connectivity index (χ1n) is 17.1. The van der Waals surface area contributed by atoms with Crippen molar-refractivity contribution in [2.45, 2.75) is 0 Å². The summed E-state index contributed by atoms with van der Waals surface area (Å²) < 4.78 is 4.85. The molecule has 3 aromatic heterocycles. The van der Waals surface area contributed by atoms with Crippen molar-refractivity contribution in [2.75, 3.05) is 4.90 Å². The molecule has 4 heterocycles. The number of para-hydroxylation sites is 5. The quantitative estimate of drug-likeness (QED) is 0.190. The van der Waals surface area contributed by atoms with Crippen molar-refractivity contribution in [3.8, 4) is 34.2 Å². The molecule has 0 radical (unpaired) electrons. The predicted molar refractivity (Wildman–Crippen MR) is 208 cm³/mol. The first-order chi connectivity index (χ1) is 25.3. The lowest BCUT2D eigenvalue weighted by Gasteiger charge is -2.31. The molecule has 7 aromatic carbocycles. The average Bonchev–Trinajstić information content (AvgIpc) is 3.73. The molecule has 6 nitrogen and oxygen atoms in total. The van der Waals surface area contributed by atoms with E-state index in [2.05, 4.69) is 123 Å². The molecule has 0 saturated carbocycles. The van der Waals surface area contributed by atoms with Gasteiger partial charge in [0, 0.05) is 38.4 Å². The maximum Gasteiger partial charge on any atom is 0.238 e. The molecule has 0 amide bonds. The Kier molecular flexibility index (Phi) is 5.86. The van der Waals surface area contributed by atoms with Crippen LogP contribution in [0.5, 0.6) is 0 Å². The lowest BCUT2D eigenvalue weighted by Crippen LogP contribution is -2.21. The predicted octanol–water partition coefficient (Wildman–Crippen LogP) is 11.2. The highest BCUT2D eigenvalue weighted by Crippen LogP contribution is 2.51. The molecule has 0 unspecified atom stereocenters. The van der Waals surface area contributed by atoms with Crippen LogP contribution in [0.25, 0.3) is 77.8 Å². The monoisotopic (exact) mass is 652 g/mol. The number of anilines is 3. The molecule has 0 spiro atoms. The van der Waals surface area contributed by atoms with Gasteiger partial charge in [-0.25, -0.2) is 4.98 Å². The molecular weight excluding hydrogens is 625 g/mol. The molecule has 6 heteroatoms. The Labute approximate surface area is 293 Å². The van der Waals surface area contributed by atoms with Gasteiger partial charge in [-0.15, -0.1) is 0 Å². The Morgan fingerprint density at radius 2 is 0.941 bits per heavy atom. The van der Waals surface area contributed by atoms with Crippen LogP contribution in [0.1, 0.15) is 0 Å². The van der Waals surface area contributed by atoms with E-state index in [0.29, 0.717) is 17.6 Å². The summed E-state index contributed by atoms with van der Waals surface area (Å²) in [6, 6.07) is 59.5. The summed E-state index contributed by atoms with van der Waals surface area (Å²) in [7, 11) is 0. The third kappa shape index (κ3) is 4.01. The number of hydrogen-bond acceptors (Lipinski definition) is 4. The van der Waals surface area contributed by atoms with E-state index >= 15 is 0 Å². The van der Waals surface area contributed by atoms with E-state index in [4.69, 9.17) is 15.0 Å². The minimum absolute atomic E-state index is 0.572. The van der Waals surface area contributed by atoms with E-state index in [1.807, 2.05) is 60.7 Å². The smallest absolute Gasteiger partial charge is 0.238 e. The number of aromatic nitrogens is 5. The van der Waals surface area contributed by atoms with Gasteiger partial charge in [0.25, 0.3) is 0 Å². The van der Waals surface area contributed by atoms with Crippen molar-refractivity contribution in [3.63, 3.8) is 0 Å². The van der Waals surface area contributed by atoms with Gasteiger partial charge in [0.1, 0.15) is 0 Å². The van der Waals surface area contributed by atoms with Crippen LogP contribution in [0.15, 0.2) is 170 Å². The van der Waals surface area contributed by atoms with Crippen molar-refractivity contribution in [1.29, 1.82) is 0 Å². The molecule has 1 aliphatic heterocycles. The summed E-state index contributed by atoms with van der Waals surface area (Å²) in [5, 5.41) is 4.85. The highest BCUT2D eigenvalue weighted by atomic mass is 15.3. The van der Waals surface area contributed by atoms with Crippen LogP contribution in [0.3, 0.4) is 0 Å². The molecule has 10 aromatic rings. The molecule has 51 heavy (non-hydrogen) atoms. The summed E-state index contributed by atoms with van der Waals surface area (Å²) in [5.41, 5.74) is 10.8. The van der Waals surface area contributed by atoms with Gasteiger partial charge in [0.05, 0.1) is 39.1 Å². The molecule has 0 bridgehead atoms. The SMILES string of the molecule is c1ccc(-c2nc(-c3ccccc3)nc(N3c4ccccc4-n4c5ccc6c7ccccc7n(-c7ccccc7)c6c5c5cccc3c54)n2)cc1. The zero-order valence-electron chi connectivity index (χ0n) is 27.3. The molecule has 0 saturated heterocycles. The topological polar surface area (TPSA) is 51.8 Å². The van der Waals surface area contributed by atoms with E-state index in [0.717, 1.165) is 44.9 Å². The van der Waals surface area contributed by atoms with Gasteiger partial charge in [-0.2, -0.15) is 9.97 Å². The Morgan fingerprint density at radius 1 is 0.353 bits per heavy atom. The fraction of sp³-hybridized carbons (Fsp3) is 0. The van der Waals surface area contributed by atoms with Crippen molar-refractivity contribution >= 4 is 60.9 Å². The van der Waals surface area contributed by atoms with Gasteiger partial charge >= 0.3 is 0 Å². The Morgan fingerprint density at radius 3 is 1.67 bits per heavy atom. The minimum Gasteiger partial charge on any atom is -0.309 e. The van der Waals surface area contributed by atoms with E-state index < -0.39 is 0 Å². The molecular formula is C45H28N6. The van der Waals surface area contributed by atoms with Crippen LogP contribution in [-0.4, -0.2) is 24.1 Å². The standard InChI is InChI=1S/C45H28N6/c1-4-15-29(16-5-1)43-46-44(30-17-6-2-7-18-30)48-45(47-43)51-37-25-13-12-24-36(37)50-38-28-27-33-32-21-10-11-23-35(32)49(31-19-8-3-9-20-31)42(33)40(38)34-22-14-26-39(51)41(34)50/h1-28H. The summed E-state index contributed by atoms with van der Waals surface area (Å²) in [6.07, 6.45) is 0. The maximum atomic E-state index is 5.19. The molecule has 0 fully saturated rings. The lowest BCUT2D eigenvalue weighted by molar-refractivity contribution is 1.00. The summed E-state index contributed by atoms with van der Waals surface area (Å²) >= 11 is 0. The number of fused-ring (bicyclic) bond motifs is 9. The normalized spacial score (nSPS) is 12.3. The van der Waals surface area contributed by atoms with Crippen molar-refractivity contribution in [3.05, 3.63) is 170 Å². The van der Waals surface area contributed by atoms with Crippen LogP contribution in [0.4, 0.5) is 17.3 Å². The Bertz CT molecular complexity index is 2910. The zero-order chi connectivity index (χ0) is 33.5. The highest BCUT2D eigenvalue weighted by molar-refractivity contribution is 6.28. The largest absolute Gasteiger partial charge is 0.309 e. The number of benzene rings is 7. The minimum atomic E-state index is 0.572. The fourth-order valence-electron chi connectivity index (χ4n) is 7.95. The third-order valence-electron chi connectivity index (χ3n) is 10.1. The van der Waals surface area contributed by atoms with E-state index in [9.17, 15) is 0 Å². The number of hydrogen-bond donors (Lipinski definition) is 0. The second kappa shape index (κ2) is 10.7. The molecule has 0 N–H and O–H groups in total. The van der Waals surface area contributed by atoms with Gasteiger partial charge in [-0.3, -0.25) is 4.90 Å². The van der Waals surface area contributed by atoms with Crippen molar-refractivity contribution < 1.29 is 0 Å². The first-order valence-corrected chi connectivity index (χ1v) is 17.1. The fourth-order valence-corrected chi connectivity index (χ4v) is 7.95. The van der Waals surface area contributed by atoms with Crippen LogP contribution >= 0.6 is 0 Å². The van der Waals surface area contributed by atoms with Crippen molar-refractivity contribution in [2.24, 2.45) is 0 Å². The molecule has 0 atom stereocenters. The molecule has 1 aliphatic rings. The Balaban J connectivity index is 1.26. The van der Waals surface area contributed by atoms with Crippen LogP contribution in [0, 0.1) is 0 Å². The van der Waals surface area contributed by atoms with Crippen LogP contribution in [-0.2, 0) is 0 Å². The van der Waals surface area contributed by atoms with Crippen LogP contribution < -0.4 is 4.90 Å². The summed E-state index contributed by atoms with van der Waals surface area (Å²) in [6.45, 7) is 0. The van der Waals surface area contributed by atoms with Crippen molar-refractivity contribution in [1.82, 2.24) is 24.1 Å². The highest BCUT2D eigenvalue weighted by Gasteiger charge is 2.32. The van der Waals surface area contributed by atoms with Gasteiger partial charge in [-0.1, -0.05) is 127 Å². The summed E-state index contributed by atoms with van der Waals surface area (Å²) in [5.74, 6) is 1.83. The maximum absolute atomic E-state index is 5.19. The second-order valence-corrected chi connectivity index (χ2v) is 12.9. The number of nitrogens with zero attached hydrogens (tertiary/aromatic N) is 6. The van der Waals surface area contributed by atoms with Gasteiger partial charge in [0.2, 0.25) is 5.95 Å². The first kappa shape index (κ1) is 27.9. The molecule has 11 rings (SSSR count). The van der Waals surface area contributed by atoms with E-state index in [-0.39, 0.29) is 0 Å². The van der Waals surface area contributed by atoms with Gasteiger partial charge in [0.15, 0.2) is 11.6 Å². The van der Waals surface area contributed by atoms with E-state index in [1.54, 1.807) is 0 Å².